The molecule has 0 spiro atoms. The van der Waals surface area contributed by atoms with Crippen LogP contribution >= 0.6 is 45.9 Å². The summed E-state index contributed by atoms with van der Waals surface area (Å²) in [7, 11) is 0. The molecular formula is C17H19Cl2N3OS2. The molecule has 3 aromatic rings. The van der Waals surface area contributed by atoms with E-state index < -0.39 is 0 Å². The molecule has 0 aromatic carbocycles. The summed E-state index contributed by atoms with van der Waals surface area (Å²) in [5.74, 6) is 0. The van der Waals surface area contributed by atoms with Gasteiger partial charge in [-0.1, -0.05) is 29.3 Å². The lowest BCUT2D eigenvalue weighted by molar-refractivity contribution is 0.0822. The number of ether oxygens (including phenoxy) is 1. The van der Waals surface area contributed by atoms with E-state index in [4.69, 9.17) is 33.7 Å². The van der Waals surface area contributed by atoms with E-state index in [9.17, 15) is 0 Å². The Labute approximate surface area is 164 Å². The van der Waals surface area contributed by atoms with Crippen LogP contribution in [-0.2, 0) is 11.3 Å². The number of fused-ring (bicyclic) bond motifs is 1. The number of nitrogens with zero attached hydrogens (tertiary/aromatic N) is 1. The van der Waals surface area contributed by atoms with Gasteiger partial charge in [-0.2, -0.15) is 0 Å². The summed E-state index contributed by atoms with van der Waals surface area (Å²) in [5.41, 5.74) is 7.26. The van der Waals surface area contributed by atoms with E-state index in [1.54, 1.807) is 22.7 Å². The lowest BCUT2D eigenvalue weighted by Gasteiger charge is -2.16. The van der Waals surface area contributed by atoms with Crippen molar-refractivity contribution in [3.63, 3.8) is 0 Å². The zero-order chi connectivity index (χ0) is 17.6. The van der Waals surface area contributed by atoms with E-state index in [2.05, 4.69) is 21.7 Å². The zero-order valence-corrected chi connectivity index (χ0v) is 16.6. The molecule has 4 heterocycles. The molecule has 1 atom stereocenters. The third-order valence-corrected chi connectivity index (χ3v) is 6.17. The molecule has 1 fully saturated rings. The fraction of sp³-hybridized carbons (Fsp3) is 0.353. The van der Waals surface area contributed by atoms with Gasteiger partial charge in [-0.25, -0.2) is 4.98 Å². The lowest BCUT2D eigenvalue weighted by Crippen LogP contribution is -2.30. The number of nitrogens with one attached hydrogen (secondary N) is 1. The van der Waals surface area contributed by atoms with Gasteiger partial charge in [0.15, 0.2) is 0 Å². The maximum absolute atomic E-state index is 6.08. The van der Waals surface area contributed by atoms with Crippen LogP contribution in [0.5, 0.6) is 0 Å². The van der Waals surface area contributed by atoms with Crippen molar-refractivity contribution >= 4 is 61.8 Å². The van der Waals surface area contributed by atoms with Crippen molar-refractivity contribution in [1.29, 1.82) is 0 Å². The van der Waals surface area contributed by atoms with Crippen molar-refractivity contribution in [1.82, 2.24) is 4.98 Å². The first-order chi connectivity index (χ1) is 12.1. The number of pyridine rings is 1. The van der Waals surface area contributed by atoms with Crippen molar-refractivity contribution in [2.75, 3.05) is 18.5 Å². The number of thiophene rings is 2. The molecule has 4 rings (SSSR count). The van der Waals surface area contributed by atoms with Gasteiger partial charge in [0, 0.05) is 35.5 Å². The monoisotopic (exact) mass is 415 g/mol. The Bertz CT molecular complexity index is 802. The number of hydrogen-bond donors (Lipinski definition) is 2. The molecule has 0 bridgehead atoms. The molecule has 0 amide bonds. The summed E-state index contributed by atoms with van der Waals surface area (Å²) in [6, 6.07) is 6.29. The summed E-state index contributed by atoms with van der Waals surface area (Å²) < 4.78 is 6.10. The van der Waals surface area contributed by atoms with Gasteiger partial charge in [0.1, 0.15) is 10.7 Å². The van der Waals surface area contributed by atoms with Crippen molar-refractivity contribution in [2.24, 2.45) is 5.73 Å². The molecular weight excluding hydrogens is 397 g/mol. The maximum Gasteiger partial charge on any atom is 0.131 e. The van der Waals surface area contributed by atoms with Gasteiger partial charge < -0.3 is 15.8 Å². The highest BCUT2D eigenvalue weighted by molar-refractivity contribution is 7.18. The third-order valence-electron chi connectivity index (χ3n) is 3.68. The Hall–Kier alpha value is -0.890. The zero-order valence-electron chi connectivity index (χ0n) is 13.5. The number of anilines is 1. The SMILES string of the molecule is Clc1cc(NCc2cccs2)c2scc(Cl)c2n1.NC1CCCOC1. The van der Waals surface area contributed by atoms with Gasteiger partial charge in [-0.3, -0.25) is 0 Å². The molecule has 0 radical (unpaired) electrons. The Balaban J connectivity index is 0.000000219. The molecule has 1 aliphatic rings. The third kappa shape index (κ3) is 5.29. The molecule has 3 N–H and O–H groups in total. The van der Waals surface area contributed by atoms with Gasteiger partial charge in [0.05, 0.1) is 22.0 Å². The average Bonchev–Trinajstić information content (AvgIpc) is 3.25. The molecule has 4 nitrogen and oxygen atoms in total. The molecule has 25 heavy (non-hydrogen) atoms. The van der Waals surface area contributed by atoms with Gasteiger partial charge >= 0.3 is 0 Å². The molecule has 1 saturated heterocycles. The van der Waals surface area contributed by atoms with Crippen LogP contribution in [0.15, 0.2) is 29.0 Å². The van der Waals surface area contributed by atoms with Crippen LogP contribution in [0.4, 0.5) is 5.69 Å². The predicted molar refractivity (Wildman–Crippen MR) is 109 cm³/mol. The first kappa shape index (κ1) is 18.9. The molecule has 1 aliphatic heterocycles. The molecule has 134 valence electrons. The van der Waals surface area contributed by atoms with Gasteiger partial charge in [-0.15, -0.1) is 22.7 Å². The number of nitrogens with two attached hydrogens (primary N) is 1. The maximum atomic E-state index is 6.08. The fourth-order valence-corrected chi connectivity index (χ4v) is 4.46. The summed E-state index contributed by atoms with van der Waals surface area (Å²) in [6.07, 6.45) is 2.28. The summed E-state index contributed by atoms with van der Waals surface area (Å²) >= 11 is 15.4. The van der Waals surface area contributed by atoms with Crippen LogP contribution in [0.25, 0.3) is 10.2 Å². The minimum atomic E-state index is 0.314. The van der Waals surface area contributed by atoms with E-state index in [1.165, 1.54) is 4.88 Å². The van der Waals surface area contributed by atoms with Crippen molar-refractivity contribution < 1.29 is 4.74 Å². The number of halogens is 2. The van der Waals surface area contributed by atoms with Crippen molar-refractivity contribution in [2.45, 2.75) is 25.4 Å². The molecule has 8 heteroatoms. The second-order valence-electron chi connectivity index (χ2n) is 5.66. The highest BCUT2D eigenvalue weighted by atomic mass is 35.5. The van der Waals surface area contributed by atoms with E-state index in [0.29, 0.717) is 16.2 Å². The number of aromatic nitrogens is 1. The minimum Gasteiger partial charge on any atom is -0.380 e. The Morgan fingerprint density at radius 3 is 2.88 bits per heavy atom. The highest BCUT2D eigenvalue weighted by Crippen LogP contribution is 2.35. The quantitative estimate of drug-likeness (QED) is 0.561. The van der Waals surface area contributed by atoms with Crippen LogP contribution < -0.4 is 11.1 Å². The standard InChI is InChI=1S/C12H8Cl2N2S2.C5H11NO/c13-8-6-18-12-9(4-10(14)16-11(8)12)15-5-7-2-1-3-17-7;6-5-2-1-3-7-4-5/h1-4,6H,5H2,(H,15,16);5H,1-4,6H2. The second kappa shape index (κ2) is 9.16. The van der Waals surface area contributed by atoms with Crippen LogP contribution in [0, 0.1) is 0 Å². The fourth-order valence-electron chi connectivity index (χ4n) is 2.44. The number of rotatable bonds is 3. The van der Waals surface area contributed by atoms with E-state index in [1.807, 2.05) is 17.5 Å². The smallest absolute Gasteiger partial charge is 0.131 e. The Morgan fingerprint density at radius 2 is 2.24 bits per heavy atom. The molecule has 0 aliphatic carbocycles. The predicted octanol–water partition coefficient (Wildman–Crippen LogP) is 5.40. The van der Waals surface area contributed by atoms with E-state index >= 15 is 0 Å². The molecule has 0 saturated carbocycles. The van der Waals surface area contributed by atoms with E-state index in [-0.39, 0.29) is 0 Å². The summed E-state index contributed by atoms with van der Waals surface area (Å²) in [5, 5.41) is 8.43. The van der Waals surface area contributed by atoms with Crippen LogP contribution in [0.2, 0.25) is 10.2 Å². The van der Waals surface area contributed by atoms with Crippen LogP contribution in [-0.4, -0.2) is 24.2 Å². The second-order valence-corrected chi connectivity index (χ2v) is 8.37. The first-order valence-corrected chi connectivity index (χ1v) is 10.5. The van der Waals surface area contributed by atoms with Crippen molar-refractivity contribution in [3.05, 3.63) is 44.0 Å². The van der Waals surface area contributed by atoms with Crippen LogP contribution in [0.1, 0.15) is 17.7 Å². The summed E-state index contributed by atoms with van der Waals surface area (Å²) in [4.78, 5) is 5.52. The molecule has 3 aromatic heterocycles. The average molecular weight is 416 g/mol. The minimum absolute atomic E-state index is 0.314. The highest BCUT2D eigenvalue weighted by Gasteiger charge is 2.10. The molecule has 1 unspecified atom stereocenters. The van der Waals surface area contributed by atoms with Gasteiger partial charge in [0.25, 0.3) is 0 Å². The van der Waals surface area contributed by atoms with Gasteiger partial charge in [-0.05, 0) is 24.3 Å². The van der Waals surface area contributed by atoms with E-state index in [0.717, 1.165) is 48.5 Å². The Kier molecular flexibility index (Phi) is 6.92. The van der Waals surface area contributed by atoms with Crippen LogP contribution in [0.3, 0.4) is 0 Å². The van der Waals surface area contributed by atoms with Gasteiger partial charge in [0.2, 0.25) is 0 Å². The first-order valence-electron chi connectivity index (χ1n) is 7.96. The lowest BCUT2D eigenvalue weighted by atomic mass is 10.1. The summed E-state index contributed by atoms with van der Waals surface area (Å²) in [6.45, 7) is 2.45. The number of hydrogen-bond acceptors (Lipinski definition) is 6. The normalized spacial score (nSPS) is 17.2. The van der Waals surface area contributed by atoms with Crippen molar-refractivity contribution in [3.8, 4) is 0 Å². The topological polar surface area (TPSA) is 60.2 Å². The largest absolute Gasteiger partial charge is 0.380 e. The Morgan fingerprint density at radius 1 is 1.36 bits per heavy atom.